The Labute approximate surface area is 192 Å². The SMILES string of the molecule is CCOc1c(OC)ccc2cc(C(=O)Nc3ccc(CCN4CCOCC4)cc3)c(=O)oc12. The van der Waals surface area contributed by atoms with Gasteiger partial charge in [-0.15, -0.1) is 0 Å². The fourth-order valence-corrected chi connectivity index (χ4v) is 3.81. The number of carbonyl (C=O) groups is 1. The zero-order chi connectivity index (χ0) is 23.2. The molecule has 8 nitrogen and oxygen atoms in total. The van der Waals surface area contributed by atoms with Gasteiger partial charge in [0.05, 0.1) is 26.9 Å². The smallest absolute Gasteiger partial charge is 0.349 e. The van der Waals surface area contributed by atoms with Crippen molar-refractivity contribution in [1.82, 2.24) is 4.90 Å². The second kappa shape index (κ2) is 10.5. The summed E-state index contributed by atoms with van der Waals surface area (Å²) in [7, 11) is 1.51. The highest BCUT2D eigenvalue weighted by Crippen LogP contribution is 2.35. The second-order valence-corrected chi connectivity index (χ2v) is 7.75. The quantitative estimate of drug-likeness (QED) is 0.524. The summed E-state index contributed by atoms with van der Waals surface area (Å²) in [6, 6.07) is 12.6. The Morgan fingerprint density at radius 3 is 2.58 bits per heavy atom. The first kappa shape index (κ1) is 22.8. The standard InChI is InChI=1S/C25H28N2O6/c1-3-32-23-21(30-2)9-6-18-16-20(25(29)33-22(18)23)24(28)26-19-7-4-17(5-8-19)10-11-27-12-14-31-15-13-27/h4-9,16H,3,10-15H2,1-2H3,(H,26,28). The van der Waals surface area contributed by atoms with Crippen molar-refractivity contribution in [2.24, 2.45) is 0 Å². The number of anilines is 1. The monoisotopic (exact) mass is 452 g/mol. The van der Waals surface area contributed by atoms with Crippen LogP contribution in [0.15, 0.2) is 51.7 Å². The fraction of sp³-hybridized carbons (Fsp3) is 0.360. The van der Waals surface area contributed by atoms with Crippen molar-refractivity contribution >= 4 is 22.6 Å². The van der Waals surface area contributed by atoms with Gasteiger partial charge in [-0.05, 0) is 49.2 Å². The van der Waals surface area contributed by atoms with Crippen LogP contribution in [0.1, 0.15) is 22.8 Å². The van der Waals surface area contributed by atoms with E-state index in [1.807, 2.05) is 31.2 Å². The minimum Gasteiger partial charge on any atom is -0.493 e. The van der Waals surface area contributed by atoms with Crippen molar-refractivity contribution in [2.45, 2.75) is 13.3 Å². The van der Waals surface area contributed by atoms with Crippen LogP contribution in [-0.4, -0.2) is 57.4 Å². The van der Waals surface area contributed by atoms with Gasteiger partial charge in [-0.25, -0.2) is 4.79 Å². The summed E-state index contributed by atoms with van der Waals surface area (Å²) in [6.45, 7) is 6.67. The minimum absolute atomic E-state index is 0.0773. The predicted octanol–water partition coefficient (Wildman–Crippen LogP) is 3.33. The van der Waals surface area contributed by atoms with Crippen LogP contribution in [0.2, 0.25) is 0 Å². The molecule has 1 aromatic heterocycles. The normalized spacial score (nSPS) is 14.2. The summed E-state index contributed by atoms with van der Waals surface area (Å²) in [6.07, 6.45) is 0.925. The molecule has 4 rings (SSSR count). The Kier molecular flexibility index (Phi) is 7.26. The van der Waals surface area contributed by atoms with Crippen LogP contribution in [0, 0.1) is 0 Å². The molecule has 174 valence electrons. The molecule has 0 unspecified atom stereocenters. The average Bonchev–Trinajstić information content (AvgIpc) is 2.84. The number of rotatable bonds is 8. The average molecular weight is 453 g/mol. The molecule has 1 N–H and O–H groups in total. The van der Waals surface area contributed by atoms with Gasteiger partial charge < -0.3 is 23.9 Å². The number of nitrogens with zero attached hydrogens (tertiary/aromatic N) is 1. The van der Waals surface area contributed by atoms with E-state index in [0.29, 0.717) is 29.2 Å². The lowest BCUT2D eigenvalue weighted by Crippen LogP contribution is -2.37. The van der Waals surface area contributed by atoms with E-state index < -0.39 is 11.5 Å². The number of benzene rings is 2. The zero-order valence-electron chi connectivity index (χ0n) is 18.9. The van der Waals surface area contributed by atoms with E-state index in [9.17, 15) is 9.59 Å². The van der Waals surface area contributed by atoms with Gasteiger partial charge in [-0.2, -0.15) is 0 Å². The third-order valence-electron chi connectivity index (χ3n) is 5.61. The van der Waals surface area contributed by atoms with Crippen molar-refractivity contribution in [3.05, 3.63) is 64.0 Å². The van der Waals surface area contributed by atoms with Crippen molar-refractivity contribution in [1.29, 1.82) is 0 Å². The zero-order valence-corrected chi connectivity index (χ0v) is 18.9. The summed E-state index contributed by atoms with van der Waals surface area (Å²) >= 11 is 0. The summed E-state index contributed by atoms with van der Waals surface area (Å²) in [4.78, 5) is 27.7. The predicted molar refractivity (Wildman–Crippen MR) is 126 cm³/mol. The van der Waals surface area contributed by atoms with E-state index in [4.69, 9.17) is 18.6 Å². The van der Waals surface area contributed by atoms with Gasteiger partial charge >= 0.3 is 5.63 Å². The highest BCUT2D eigenvalue weighted by molar-refractivity contribution is 6.05. The number of fused-ring (bicyclic) bond motifs is 1. The lowest BCUT2D eigenvalue weighted by Gasteiger charge is -2.26. The summed E-state index contributed by atoms with van der Waals surface area (Å²) in [5, 5.41) is 3.35. The molecule has 33 heavy (non-hydrogen) atoms. The number of amides is 1. The van der Waals surface area contributed by atoms with Crippen molar-refractivity contribution in [2.75, 3.05) is 51.9 Å². The maximum Gasteiger partial charge on any atom is 0.349 e. The maximum atomic E-state index is 12.8. The molecule has 1 saturated heterocycles. The van der Waals surface area contributed by atoms with E-state index in [1.165, 1.54) is 18.7 Å². The molecule has 0 bridgehead atoms. The summed E-state index contributed by atoms with van der Waals surface area (Å²) in [5.41, 5.74) is 1.23. The maximum absolute atomic E-state index is 12.8. The van der Waals surface area contributed by atoms with Crippen LogP contribution < -0.4 is 20.4 Å². The van der Waals surface area contributed by atoms with Crippen molar-refractivity contribution in [3.63, 3.8) is 0 Å². The molecule has 1 fully saturated rings. The molecule has 3 aromatic rings. The molecule has 1 aliphatic rings. The molecule has 0 radical (unpaired) electrons. The molecule has 0 aliphatic carbocycles. The molecule has 8 heteroatoms. The molecule has 0 saturated carbocycles. The first-order valence-corrected chi connectivity index (χ1v) is 11.1. The van der Waals surface area contributed by atoms with E-state index in [1.54, 1.807) is 12.1 Å². The number of hydrogen-bond donors (Lipinski definition) is 1. The Bertz CT molecular complexity index is 1170. The van der Waals surface area contributed by atoms with Crippen LogP contribution >= 0.6 is 0 Å². The van der Waals surface area contributed by atoms with Gasteiger partial charge in [0.2, 0.25) is 5.75 Å². The van der Waals surface area contributed by atoms with Crippen molar-refractivity contribution in [3.8, 4) is 11.5 Å². The second-order valence-electron chi connectivity index (χ2n) is 7.75. The largest absolute Gasteiger partial charge is 0.493 e. The molecule has 2 aromatic carbocycles. The number of morpholine rings is 1. The van der Waals surface area contributed by atoms with Gasteiger partial charge in [0.1, 0.15) is 5.56 Å². The van der Waals surface area contributed by atoms with Crippen LogP contribution in [0.3, 0.4) is 0 Å². The minimum atomic E-state index is -0.740. The van der Waals surface area contributed by atoms with Gasteiger partial charge in [-0.1, -0.05) is 12.1 Å². The fourth-order valence-electron chi connectivity index (χ4n) is 3.81. The Morgan fingerprint density at radius 1 is 1.12 bits per heavy atom. The number of methoxy groups -OCH3 is 1. The number of carbonyl (C=O) groups excluding carboxylic acids is 1. The van der Waals surface area contributed by atoms with Gasteiger partial charge in [0.25, 0.3) is 5.91 Å². The summed E-state index contributed by atoms with van der Waals surface area (Å²) in [5.74, 6) is 0.271. The lowest BCUT2D eigenvalue weighted by atomic mass is 10.1. The number of nitrogens with one attached hydrogen (secondary N) is 1. The third kappa shape index (κ3) is 5.35. The third-order valence-corrected chi connectivity index (χ3v) is 5.61. The summed E-state index contributed by atoms with van der Waals surface area (Å²) < 4.78 is 21.7. The van der Waals surface area contributed by atoms with Gasteiger partial charge in [0.15, 0.2) is 11.3 Å². The molecule has 0 atom stereocenters. The van der Waals surface area contributed by atoms with Gasteiger partial charge in [0, 0.05) is 30.7 Å². The lowest BCUT2D eigenvalue weighted by molar-refractivity contribution is 0.0384. The highest BCUT2D eigenvalue weighted by Gasteiger charge is 2.18. The van der Waals surface area contributed by atoms with E-state index in [0.717, 1.165) is 39.3 Å². The Balaban J connectivity index is 1.47. The van der Waals surface area contributed by atoms with Gasteiger partial charge in [-0.3, -0.25) is 9.69 Å². The van der Waals surface area contributed by atoms with Crippen molar-refractivity contribution < 1.29 is 23.4 Å². The first-order valence-electron chi connectivity index (χ1n) is 11.1. The van der Waals surface area contributed by atoms with E-state index >= 15 is 0 Å². The molecule has 2 heterocycles. The topological polar surface area (TPSA) is 90.2 Å². The van der Waals surface area contributed by atoms with E-state index in [2.05, 4.69) is 10.2 Å². The number of ether oxygens (including phenoxy) is 3. The Morgan fingerprint density at radius 2 is 1.88 bits per heavy atom. The Hall–Kier alpha value is -3.36. The molecular weight excluding hydrogens is 424 g/mol. The molecule has 1 aliphatic heterocycles. The van der Waals surface area contributed by atoms with Crippen LogP contribution in [0.25, 0.3) is 11.0 Å². The molecule has 1 amide bonds. The first-order chi connectivity index (χ1) is 16.1. The van der Waals surface area contributed by atoms with Crippen LogP contribution in [0.4, 0.5) is 5.69 Å². The highest BCUT2D eigenvalue weighted by atomic mass is 16.5. The van der Waals surface area contributed by atoms with Crippen LogP contribution in [0.5, 0.6) is 11.5 Å². The molecular formula is C25H28N2O6. The number of hydrogen-bond acceptors (Lipinski definition) is 7. The van der Waals surface area contributed by atoms with E-state index in [-0.39, 0.29) is 11.1 Å². The van der Waals surface area contributed by atoms with Crippen LogP contribution in [-0.2, 0) is 11.2 Å². The molecule has 0 spiro atoms.